The predicted octanol–water partition coefficient (Wildman–Crippen LogP) is 5.84. The lowest BCUT2D eigenvalue weighted by Crippen LogP contribution is -2.54. The Morgan fingerprint density at radius 2 is 1.63 bits per heavy atom. The number of rotatable bonds is 22. The number of amides is 4. The number of unbranched alkanes of at least 4 members (excludes halogenated alkanes) is 8. The first-order chi connectivity index (χ1) is 27.7. The van der Waals surface area contributed by atoms with Crippen LogP contribution in [0, 0.1) is 11.6 Å². The molecule has 306 valence electrons. The first-order valence-corrected chi connectivity index (χ1v) is 20.7. The Bertz CT molecular complexity index is 1920. The fourth-order valence-corrected chi connectivity index (χ4v) is 8.04. The number of imide groups is 2. The second kappa shape index (κ2) is 20.6. The summed E-state index contributed by atoms with van der Waals surface area (Å²) in [6.07, 6.45) is 9.68. The van der Waals surface area contributed by atoms with E-state index in [4.69, 9.17) is 14.2 Å². The fraction of sp³-hybridized carbons (Fsp3) is 0.512. The van der Waals surface area contributed by atoms with Gasteiger partial charge in [-0.3, -0.25) is 34.2 Å². The average Bonchev–Trinajstić information content (AvgIpc) is 3.80. The summed E-state index contributed by atoms with van der Waals surface area (Å²) in [5.74, 6) is -4.56. The number of hydrogen-bond acceptors (Lipinski definition) is 12. The highest BCUT2D eigenvalue weighted by Gasteiger charge is 2.46. The third kappa shape index (κ3) is 10.8. The van der Waals surface area contributed by atoms with Gasteiger partial charge in [0.2, 0.25) is 17.6 Å². The number of carbonyl (C=O) groups is 5. The van der Waals surface area contributed by atoms with Crippen LogP contribution in [0.25, 0.3) is 11.3 Å². The van der Waals surface area contributed by atoms with Crippen LogP contribution < -0.4 is 25.0 Å². The number of carbonyl (C=O) groups excluding carboxylic acids is 5. The Kier molecular flexibility index (Phi) is 15.1. The van der Waals surface area contributed by atoms with Crippen LogP contribution in [0.5, 0.6) is 11.5 Å². The highest BCUT2D eigenvalue weighted by atomic mass is 32.1. The highest BCUT2D eigenvalue weighted by Crippen LogP contribution is 2.37. The van der Waals surface area contributed by atoms with E-state index >= 15 is 0 Å². The number of hydrogen-bond donors (Lipinski definition) is 2. The summed E-state index contributed by atoms with van der Waals surface area (Å²) < 4.78 is 45.8. The molecule has 2 N–H and O–H groups in total. The molecule has 4 amide bonds. The van der Waals surface area contributed by atoms with E-state index in [1.54, 1.807) is 17.5 Å². The van der Waals surface area contributed by atoms with Crippen LogP contribution >= 0.6 is 11.3 Å². The molecule has 1 aromatic heterocycles. The topological polar surface area (TPSA) is 156 Å². The molecule has 2 fully saturated rings. The van der Waals surface area contributed by atoms with Crippen LogP contribution in [-0.4, -0.2) is 97.9 Å². The summed E-state index contributed by atoms with van der Waals surface area (Å²) in [6, 6.07) is 6.27. The molecule has 0 radical (unpaired) electrons. The molecule has 16 heteroatoms. The van der Waals surface area contributed by atoms with Crippen molar-refractivity contribution in [1.29, 1.82) is 0 Å². The number of nitrogens with zero attached hydrogens (tertiary/aromatic N) is 3. The van der Waals surface area contributed by atoms with Crippen LogP contribution in [0.3, 0.4) is 0 Å². The van der Waals surface area contributed by atoms with Gasteiger partial charge in [-0.15, -0.1) is 11.3 Å². The predicted molar refractivity (Wildman–Crippen MR) is 209 cm³/mol. The van der Waals surface area contributed by atoms with Crippen LogP contribution in [0.1, 0.15) is 97.8 Å². The molecule has 2 saturated heterocycles. The molecule has 0 aliphatic carbocycles. The lowest BCUT2D eigenvalue weighted by molar-refractivity contribution is -0.136. The van der Waals surface area contributed by atoms with Crippen molar-refractivity contribution in [1.82, 2.24) is 20.5 Å². The molecule has 0 spiro atoms. The van der Waals surface area contributed by atoms with Crippen LogP contribution in [0.2, 0.25) is 0 Å². The van der Waals surface area contributed by atoms with E-state index in [1.807, 2.05) is 0 Å². The van der Waals surface area contributed by atoms with Crippen molar-refractivity contribution in [2.45, 2.75) is 83.1 Å². The Hall–Kier alpha value is -4.80. The van der Waals surface area contributed by atoms with E-state index in [1.165, 1.54) is 23.5 Å². The number of aromatic nitrogens is 1. The summed E-state index contributed by atoms with van der Waals surface area (Å²) >= 11 is 1.41. The smallest absolute Gasteiger partial charge is 0.266 e. The van der Waals surface area contributed by atoms with Gasteiger partial charge in [0, 0.05) is 43.4 Å². The zero-order chi connectivity index (χ0) is 40.1. The number of ketones is 1. The van der Waals surface area contributed by atoms with E-state index in [9.17, 15) is 32.8 Å². The van der Waals surface area contributed by atoms with Crippen LogP contribution in [0.15, 0.2) is 35.7 Å². The molecule has 1 atom stereocenters. The molecule has 4 heterocycles. The Balaban J connectivity index is 0.785. The van der Waals surface area contributed by atoms with Gasteiger partial charge in [-0.05, 0) is 50.1 Å². The van der Waals surface area contributed by atoms with Gasteiger partial charge >= 0.3 is 0 Å². The van der Waals surface area contributed by atoms with Crippen LogP contribution in [0.4, 0.5) is 13.9 Å². The first kappa shape index (κ1) is 41.8. The molecular weight excluding hydrogens is 761 g/mol. The van der Waals surface area contributed by atoms with Gasteiger partial charge in [0.1, 0.15) is 25.0 Å². The maximum atomic E-state index is 14.8. The number of piperidine rings is 1. The quantitative estimate of drug-likeness (QED) is 0.0929. The standard InChI is InChI=1S/C41H49F2N5O8S/c42-30-15-14-28(31-26-57-41(45-31)47-20-23-54-24-21-47)37(36(30)43)56-25-27(49)11-8-6-4-2-1-3-5-7-9-18-44-19-22-55-33-13-10-12-29-35(33)40(53)48(39(29)52)32-16-17-34(50)46-38(32)51/h10,12-15,26,32,44H,1-9,11,16-25H2,(H,46,50,51). The average molecular weight is 810 g/mol. The fourth-order valence-electron chi connectivity index (χ4n) is 7.16. The number of anilines is 1. The number of benzene rings is 2. The third-order valence-electron chi connectivity index (χ3n) is 10.3. The number of halogens is 2. The minimum atomic E-state index is -1.13. The molecule has 6 rings (SSSR count). The van der Waals surface area contributed by atoms with Crippen LogP contribution in [-0.2, 0) is 19.1 Å². The number of Topliss-reactive ketones (excluding diaryl/α,β-unsaturated/α-hetero) is 1. The van der Waals surface area contributed by atoms with E-state index in [2.05, 4.69) is 20.5 Å². The van der Waals surface area contributed by atoms with Gasteiger partial charge in [0.05, 0.1) is 30.0 Å². The normalized spacial score (nSPS) is 16.9. The lowest BCUT2D eigenvalue weighted by Gasteiger charge is -2.27. The molecule has 1 unspecified atom stereocenters. The van der Waals surface area contributed by atoms with Gasteiger partial charge in [-0.1, -0.05) is 51.0 Å². The number of morpholine rings is 1. The zero-order valence-corrected chi connectivity index (χ0v) is 32.8. The Morgan fingerprint density at radius 3 is 2.39 bits per heavy atom. The molecule has 2 aromatic carbocycles. The van der Waals surface area contributed by atoms with Gasteiger partial charge in [-0.2, -0.15) is 4.39 Å². The molecule has 0 bridgehead atoms. The molecule has 3 aromatic rings. The molecule has 13 nitrogen and oxygen atoms in total. The summed E-state index contributed by atoms with van der Waals surface area (Å²) in [7, 11) is 0. The maximum Gasteiger partial charge on any atom is 0.266 e. The van der Waals surface area contributed by atoms with Crippen molar-refractivity contribution >= 4 is 45.9 Å². The van der Waals surface area contributed by atoms with Crippen molar-refractivity contribution in [3.63, 3.8) is 0 Å². The van der Waals surface area contributed by atoms with Crippen molar-refractivity contribution in [3.05, 3.63) is 58.5 Å². The largest absolute Gasteiger partial charge is 0.491 e. The maximum absolute atomic E-state index is 14.8. The van der Waals surface area contributed by atoms with Crippen molar-refractivity contribution in [3.8, 4) is 22.8 Å². The molecule has 3 aliphatic heterocycles. The summed E-state index contributed by atoms with van der Waals surface area (Å²) in [5.41, 5.74) is 1.12. The Morgan fingerprint density at radius 1 is 0.895 bits per heavy atom. The van der Waals surface area contributed by atoms with Gasteiger partial charge in [0.15, 0.2) is 22.5 Å². The number of nitrogens with one attached hydrogen (secondary N) is 2. The molecule has 3 aliphatic rings. The summed E-state index contributed by atoms with van der Waals surface area (Å²) in [6.45, 7) is 3.97. The first-order valence-electron chi connectivity index (χ1n) is 19.8. The Labute approximate surface area is 334 Å². The summed E-state index contributed by atoms with van der Waals surface area (Å²) in [5, 5.41) is 8.09. The monoisotopic (exact) mass is 809 g/mol. The number of ether oxygens (including phenoxy) is 3. The minimum Gasteiger partial charge on any atom is -0.491 e. The van der Waals surface area contributed by atoms with E-state index in [-0.39, 0.29) is 42.1 Å². The van der Waals surface area contributed by atoms with E-state index < -0.39 is 41.3 Å². The van der Waals surface area contributed by atoms with E-state index in [0.29, 0.717) is 69.3 Å². The number of fused-ring (bicyclic) bond motifs is 1. The van der Waals surface area contributed by atoms with E-state index in [0.717, 1.165) is 74.0 Å². The molecule has 57 heavy (non-hydrogen) atoms. The van der Waals surface area contributed by atoms with Crippen molar-refractivity contribution < 1.29 is 47.0 Å². The second-order valence-electron chi connectivity index (χ2n) is 14.3. The number of thiazole rings is 1. The minimum absolute atomic E-state index is 0.0594. The molecular formula is C41H49F2N5O8S. The van der Waals surface area contributed by atoms with Crippen molar-refractivity contribution in [2.24, 2.45) is 0 Å². The van der Waals surface area contributed by atoms with Gasteiger partial charge < -0.3 is 24.4 Å². The van der Waals surface area contributed by atoms with Gasteiger partial charge in [-0.25, -0.2) is 9.37 Å². The highest BCUT2D eigenvalue weighted by molar-refractivity contribution is 7.14. The third-order valence-corrected chi connectivity index (χ3v) is 11.2. The van der Waals surface area contributed by atoms with Gasteiger partial charge in [0.25, 0.3) is 11.8 Å². The zero-order valence-electron chi connectivity index (χ0n) is 32.0. The lowest BCUT2D eigenvalue weighted by atomic mass is 10.0. The second-order valence-corrected chi connectivity index (χ2v) is 15.2. The summed E-state index contributed by atoms with van der Waals surface area (Å²) in [4.78, 5) is 70.2. The SMILES string of the molecule is O=C(CCCCCCCCCCCNCCOc1cccc2c1C(=O)N(C1CCC(=O)NC1=O)C2=O)COc1c(-c2csc(N3CCOCC3)n2)ccc(F)c1F. The van der Waals surface area contributed by atoms with Crippen molar-refractivity contribution in [2.75, 3.05) is 57.5 Å². The molecule has 0 saturated carbocycles.